The summed E-state index contributed by atoms with van der Waals surface area (Å²) < 4.78 is 11.6. The van der Waals surface area contributed by atoms with Crippen molar-refractivity contribution in [2.24, 2.45) is 5.10 Å². The Morgan fingerprint density at radius 3 is 2.63 bits per heavy atom. The lowest BCUT2D eigenvalue weighted by Crippen LogP contribution is -2.17. The maximum absolute atomic E-state index is 12.3. The van der Waals surface area contributed by atoms with Crippen LogP contribution in [0.4, 0.5) is 11.6 Å². The van der Waals surface area contributed by atoms with E-state index < -0.39 is 0 Å². The molecule has 0 atom stereocenters. The molecule has 3 aromatic rings. The summed E-state index contributed by atoms with van der Waals surface area (Å²) >= 11 is 2.73. The maximum atomic E-state index is 12.3. The fourth-order valence-electron chi connectivity index (χ4n) is 2.33. The van der Waals surface area contributed by atoms with Crippen molar-refractivity contribution in [3.05, 3.63) is 40.6 Å². The number of nitrogens with two attached hydrogens (primary N) is 1. The third kappa shape index (κ3) is 5.42. The zero-order valence-corrected chi connectivity index (χ0v) is 18.2. The number of thioether (sulfide) groups is 1. The number of ether oxygens (including phenoxy) is 2. The van der Waals surface area contributed by atoms with Gasteiger partial charge < -0.3 is 20.6 Å². The van der Waals surface area contributed by atoms with E-state index in [0.29, 0.717) is 22.3 Å². The molecule has 158 valence electrons. The zero-order chi connectivity index (χ0) is 21.5. The summed E-state index contributed by atoms with van der Waals surface area (Å²) in [6.45, 7) is 1.88. The first kappa shape index (κ1) is 21.5. The van der Waals surface area contributed by atoms with E-state index in [9.17, 15) is 4.79 Å². The number of thiophene rings is 1. The third-order valence-electron chi connectivity index (χ3n) is 3.83. The molecule has 0 aliphatic carbocycles. The van der Waals surface area contributed by atoms with Gasteiger partial charge in [0, 0.05) is 28.8 Å². The van der Waals surface area contributed by atoms with Gasteiger partial charge in [0.25, 0.3) is 5.95 Å². The van der Waals surface area contributed by atoms with E-state index in [4.69, 9.17) is 15.3 Å². The van der Waals surface area contributed by atoms with Crippen LogP contribution in [0.5, 0.6) is 11.5 Å². The van der Waals surface area contributed by atoms with Crippen LogP contribution in [0, 0.1) is 0 Å². The smallest absolute Gasteiger partial charge is 0.264 e. The first-order valence-corrected chi connectivity index (χ1v) is 10.6. The van der Waals surface area contributed by atoms with Gasteiger partial charge in [-0.1, -0.05) is 17.8 Å². The van der Waals surface area contributed by atoms with Crippen molar-refractivity contribution in [3.63, 3.8) is 0 Å². The molecular formula is C18H21N7O3S2. The number of carbonyl (C=O) groups is 1. The van der Waals surface area contributed by atoms with Crippen LogP contribution in [0.3, 0.4) is 0 Å². The number of benzene rings is 1. The lowest BCUT2D eigenvalue weighted by atomic mass is 10.2. The number of methoxy groups -OCH3 is 2. The Hall–Kier alpha value is -3.25. The summed E-state index contributed by atoms with van der Waals surface area (Å²) in [7, 11) is 3.09. The van der Waals surface area contributed by atoms with Gasteiger partial charge in [0.2, 0.25) is 11.1 Å². The predicted octanol–water partition coefficient (Wildman–Crippen LogP) is 2.64. The molecule has 30 heavy (non-hydrogen) atoms. The van der Waals surface area contributed by atoms with Crippen LogP contribution in [0.1, 0.15) is 11.8 Å². The Balaban J connectivity index is 1.57. The highest BCUT2D eigenvalue weighted by atomic mass is 32.2. The first-order chi connectivity index (χ1) is 14.5. The van der Waals surface area contributed by atoms with Crippen molar-refractivity contribution < 1.29 is 14.3 Å². The van der Waals surface area contributed by atoms with Gasteiger partial charge in [-0.25, -0.2) is 10.1 Å². The van der Waals surface area contributed by atoms with E-state index in [1.807, 2.05) is 24.4 Å². The number of nitrogen functional groups attached to an aromatic ring is 1. The van der Waals surface area contributed by atoms with Crippen molar-refractivity contribution in [2.75, 3.05) is 36.6 Å². The number of anilines is 2. The molecule has 0 aliphatic heterocycles. The van der Waals surface area contributed by atoms with Gasteiger partial charge in [-0.15, -0.1) is 21.5 Å². The zero-order valence-electron chi connectivity index (χ0n) is 16.6. The molecule has 10 nitrogen and oxygen atoms in total. The number of hydrogen-bond donors (Lipinski definition) is 3. The number of hydrogen-bond acceptors (Lipinski definition) is 10. The van der Waals surface area contributed by atoms with Crippen LogP contribution < -0.4 is 26.1 Å². The van der Waals surface area contributed by atoms with Crippen LogP contribution in [0.2, 0.25) is 0 Å². The van der Waals surface area contributed by atoms with Crippen LogP contribution >= 0.6 is 23.1 Å². The highest BCUT2D eigenvalue weighted by Crippen LogP contribution is 2.26. The van der Waals surface area contributed by atoms with E-state index in [1.165, 1.54) is 4.68 Å². The van der Waals surface area contributed by atoms with E-state index in [2.05, 4.69) is 26.0 Å². The third-order valence-corrected chi connectivity index (χ3v) is 5.76. The van der Waals surface area contributed by atoms with Crippen molar-refractivity contribution in [3.8, 4) is 11.5 Å². The monoisotopic (exact) mass is 447 g/mol. The summed E-state index contributed by atoms with van der Waals surface area (Å²) in [5.74, 6) is 7.28. The van der Waals surface area contributed by atoms with Gasteiger partial charge in [0.05, 0.1) is 25.7 Å². The van der Waals surface area contributed by atoms with Crippen LogP contribution in [0.25, 0.3) is 0 Å². The molecule has 1 aromatic carbocycles. The summed E-state index contributed by atoms with van der Waals surface area (Å²) in [6, 6.07) is 9.04. The van der Waals surface area contributed by atoms with Gasteiger partial charge >= 0.3 is 0 Å². The number of nitrogens with zero attached hydrogens (tertiary/aromatic N) is 4. The predicted molar refractivity (Wildman–Crippen MR) is 119 cm³/mol. The Morgan fingerprint density at radius 1 is 1.27 bits per heavy atom. The minimum absolute atomic E-state index is 0.0896. The minimum atomic E-state index is -0.237. The topological polar surface area (TPSA) is 129 Å². The molecular weight excluding hydrogens is 426 g/mol. The second kappa shape index (κ2) is 9.98. The average molecular weight is 448 g/mol. The molecule has 0 spiro atoms. The molecule has 0 saturated carbocycles. The number of carbonyl (C=O) groups excluding carboxylic acids is 1. The van der Waals surface area contributed by atoms with Crippen molar-refractivity contribution in [1.82, 2.24) is 14.9 Å². The highest BCUT2D eigenvalue weighted by Gasteiger charge is 2.13. The quantitative estimate of drug-likeness (QED) is 0.198. The molecule has 4 N–H and O–H groups in total. The normalized spacial score (nSPS) is 11.2. The molecule has 0 saturated heterocycles. The average Bonchev–Trinajstić information content (AvgIpc) is 3.40. The number of amides is 1. The fraction of sp³-hybridized carbons (Fsp3) is 0.222. The van der Waals surface area contributed by atoms with Gasteiger partial charge in [-0.3, -0.25) is 4.79 Å². The number of aromatic nitrogens is 3. The Kier molecular flexibility index (Phi) is 7.14. The van der Waals surface area contributed by atoms with E-state index in [1.54, 1.807) is 43.8 Å². The van der Waals surface area contributed by atoms with Crippen LogP contribution in [0.15, 0.2) is 46.0 Å². The van der Waals surface area contributed by atoms with Crippen molar-refractivity contribution >= 4 is 46.4 Å². The summed E-state index contributed by atoms with van der Waals surface area (Å²) in [5.41, 5.74) is 4.15. The largest absolute Gasteiger partial charge is 0.497 e. The molecule has 2 aromatic heterocycles. The van der Waals surface area contributed by atoms with Crippen LogP contribution in [-0.2, 0) is 4.79 Å². The van der Waals surface area contributed by atoms with Gasteiger partial charge in [-0.05, 0) is 18.4 Å². The second-order valence-electron chi connectivity index (χ2n) is 5.90. The Labute approximate surface area is 181 Å². The SMILES string of the molecule is COc1cc(NC(=O)CSc2nnc(N/N=C(\C)c3cccs3)n2N)cc(OC)c1. The van der Waals surface area contributed by atoms with Crippen molar-refractivity contribution in [2.45, 2.75) is 12.1 Å². The molecule has 0 unspecified atom stereocenters. The molecule has 0 radical (unpaired) electrons. The first-order valence-electron chi connectivity index (χ1n) is 8.70. The summed E-state index contributed by atoms with van der Waals surface area (Å²) in [6.07, 6.45) is 0. The summed E-state index contributed by atoms with van der Waals surface area (Å²) in [4.78, 5) is 13.3. The fourth-order valence-corrected chi connectivity index (χ4v) is 3.67. The summed E-state index contributed by atoms with van der Waals surface area (Å²) in [5, 5.41) is 17.3. The minimum Gasteiger partial charge on any atom is -0.497 e. The number of nitrogens with one attached hydrogen (secondary N) is 2. The molecule has 0 aliphatic rings. The van der Waals surface area contributed by atoms with Gasteiger partial charge in [0.15, 0.2) is 0 Å². The molecule has 3 rings (SSSR count). The van der Waals surface area contributed by atoms with E-state index in [0.717, 1.165) is 22.4 Å². The molecule has 0 fully saturated rings. The highest BCUT2D eigenvalue weighted by molar-refractivity contribution is 7.99. The van der Waals surface area contributed by atoms with E-state index >= 15 is 0 Å². The lowest BCUT2D eigenvalue weighted by Gasteiger charge is -2.09. The second-order valence-corrected chi connectivity index (χ2v) is 7.79. The molecule has 1 amide bonds. The standard InChI is InChI=1S/C18H21N7O3S2/c1-11(15-5-4-6-29-15)21-22-17-23-24-18(25(17)19)30-10-16(26)20-12-7-13(27-2)9-14(8-12)28-3/h4-9H,10,19H2,1-3H3,(H,20,26)(H,22,23)/b21-11+. The van der Waals surface area contributed by atoms with Crippen molar-refractivity contribution in [1.29, 1.82) is 0 Å². The molecule has 12 heteroatoms. The Morgan fingerprint density at radius 2 is 2.00 bits per heavy atom. The van der Waals surface area contributed by atoms with Gasteiger partial charge in [0.1, 0.15) is 11.5 Å². The number of rotatable bonds is 9. The van der Waals surface area contributed by atoms with Crippen LogP contribution in [-0.4, -0.2) is 46.5 Å². The maximum Gasteiger partial charge on any atom is 0.264 e. The number of hydrazone groups is 1. The Bertz CT molecular complexity index is 1010. The van der Waals surface area contributed by atoms with Gasteiger partial charge in [-0.2, -0.15) is 5.10 Å². The molecule has 2 heterocycles. The van der Waals surface area contributed by atoms with E-state index in [-0.39, 0.29) is 17.6 Å². The lowest BCUT2D eigenvalue weighted by molar-refractivity contribution is -0.113. The molecule has 0 bridgehead atoms.